The first-order valence-corrected chi connectivity index (χ1v) is 8.11. The molecule has 4 amide bonds. The van der Waals surface area contributed by atoms with Gasteiger partial charge < -0.3 is 9.84 Å². The molecule has 0 bridgehead atoms. The molecule has 2 aliphatic rings. The SMILES string of the molecule is O=C([OH2+])COC(CN1C(=O)C=C(Br)C1=O)CN1C(=O)C=C(Br)C1=O. The summed E-state index contributed by atoms with van der Waals surface area (Å²) in [4.78, 5) is 59.8. The molecule has 128 valence electrons. The van der Waals surface area contributed by atoms with Crippen LogP contribution in [0.15, 0.2) is 21.1 Å². The largest absolute Gasteiger partial charge is 0.563 e. The van der Waals surface area contributed by atoms with Crippen LogP contribution < -0.4 is 0 Å². The molecule has 2 heterocycles. The monoisotopic (exact) mass is 465 g/mol. The van der Waals surface area contributed by atoms with Crippen molar-refractivity contribution in [3.05, 3.63) is 21.1 Å². The molecule has 0 spiro atoms. The Bertz CT molecular complexity index is 650. The number of hydrogen-bond donors (Lipinski definition) is 0. The standard InChI is InChI=1S/C13H10Br2N2O7/c14-7-1-9(18)16(12(7)22)3-6(24-5-11(20)21)4-17-10(19)2-8(15)13(17)23/h1-2,6H,3-5H2,(H,20,21)/p+1. The lowest BCUT2D eigenvalue weighted by Crippen LogP contribution is -2.46. The molecular formula is C13H11Br2N2O7+. The van der Waals surface area contributed by atoms with E-state index in [0.29, 0.717) is 0 Å². The average Bonchev–Trinajstić information content (AvgIpc) is 2.87. The van der Waals surface area contributed by atoms with Crippen LogP contribution in [0.2, 0.25) is 0 Å². The average molecular weight is 467 g/mol. The minimum atomic E-state index is -1.02. The Balaban J connectivity index is 2.09. The molecule has 2 aliphatic heterocycles. The molecule has 0 radical (unpaired) electrons. The highest BCUT2D eigenvalue weighted by Crippen LogP contribution is 2.21. The third-order valence-corrected chi connectivity index (χ3v) is 4.29. The van der Waals surface area contributed by atoms with Gasteiger partial charge in [0.2, 0.25) is 6.61 Å². The van der Waals surface area contributed by atoms with Gasteiger partial charge in [-0.1, -0.05) is 0 Å². The van der Waals surface area contributed by atoms with E-state index < -0.39 is 42.3 Å². The second kappa shape index (κ2) is 7.36. The molecule has 0 saturated carbocycles. The van der Waals surface area contributed by atoms with E-state index in [1.807, 2.05) is 0 Å². The summed E-state index contributed by atoms with van der Waals surface area (Å²) in [6.45, 7) is -1.14. The summed E-state index contributed by atoms with van der Waals surface area (Å²) < 4.78 is 5.32. The Morgan fingerprint density at radius 2 is 1.42 bits per heavy atom. The summed E-state index contributed by atoms with van der Waals surface area (Å²) >= 11 is 5.89. The molecule has 0 unspecified atom stereocenters. The van der Waals surface area contributed by atoms with Gasteiger partial charge in [0, 0.05) is 16.9 Å². The molecule has 0 aromatic heterocycles. The minimum absolute atomic E-state index is 0.0700. The fourth-order valence-electron chi connectivity index (χ4n) is 2.06. The van der Waals surface area contributed by atoms with Crippen molar-refractivity contribution < 1.29 is 33.8 Å². The quantitative estimate of drug-likeness (QED) is 0.347. The zero-order valence-electron chi connectivity index (χ0n) is 12.0. The van der Waals surface area contributed by atoms with E-state index in [1.165, 1.54) is 0 Å². The normalized spacial score (nSPS) is 18.0. The molecule has 24 heavy (non-hydrogen) atoms. The van der Waals surface area contributed by atoms with Crippen molar-refractivity contribution in [2.75, 3.05) is 19.7 Å². The fraction of sp³-hybridized carbons (Fsp3) is 0.308. The van der Waals surface area contributed by atoms with Gasteiger partial charge in [0.05, 0.1) is 28.2 Å². The number of nitrogens with zero attached hydrogens (tertiary/aromatic N) is 2. The number of hydrogen-bond acceptors (Lipinski definition) is 6. The highest BCUT2D eigenvalue weighted by Gasteiger charge is 2.36. The Kier molecular flexibility index (Phi) is 5.67. The molecule has 9 nitrogen and oxygen atoms in total. The first-order valence-electron chi connectivity index (χ1n) is 6.52. The van der Waals surface area contributed by atoms with Gasteiger partial charge >= 0.3 is 5.97 Å². The van der Waals surface area contributed by atoms with E-state index >= 15 is 0 Å². The molecule has 2 rings (SSSR count). The van der Waals surface area contributed by atoms with Gasteiger partial charge in [-0.05, 0) is 31.9 Å². The van der Waals surface area contributed by atoms with Crippen molar-refractivity contribution in [1.29, 1.82) is 0 Å². The smallest absolute Gasteiger partial charge is 0.542 e. The van der Waals surface area contributed by atoms with E-state index in [4.69, 9.17) is 9.84 Å². The lowest BCUT2D eigenvalue weighted by atomic mass is 10.3. The van der Waals surface area contributed by atoms with Crippen LogP contribution in [0.3, 0.4) is 0 Å². The van der Waals surface area contributed by atoms with E-state index in [9.17, 15) is 24.0 Å². The Morgan fingerprint density at radius 1 is 1.00 bits per heavy atom. The number of imide groups is 2. The van der Waals surface area contributed by atoms with Crippen molar-refractivity contribution in [1.82, 2.24) is 9.80 Å². The summed E-state index contributed by atoms with van der Waals surface area (Å²) in [6, 6.07) is 0. The predicted molar refractivity (Wildman–Crippen MR) is 85.8 cm³/mol. The summed E-state index contributed by atoms with van der Waals surface area (Å²) in [5, 5.41) is 6.87. The minimum Gasteiger partial charge on any atom is -0.563 e. The van der Waals surface area contributed by atoms with Gasteiger partial charge in [-0.25, -0.2) is 0 Å². The number of amides is 4. The van der Waals surface area contributed by atoms with Crippen LogP contribution >= 0.6 is 31.9 Å². The Morgan fingerprint density at radius 3 is 1.71 bits per heavy atom. The van der Waals surface area contributed by atoms with Crippen molar-refractivity contribution in [2.45, 2.75) is 6.10 Å². The van der Waals surface area contributed by atoms with E-state index in [2.05, 4.69) is 31.9 Å². The first kappa shape index (κ1) is 18.5. The number of ether oxygens (including phenoxy) is 1. The van der Waals surface area contributed by atoms with Crippen molar-refractivity contribution in [3.63, 3.8) is 0 Å². The Hall–Kier alpha value is -1.85. The van der Waals surface area contributed by atoms with Crippen LogP contribution in [0, 0.1) is 0 Å². The number of carbonyl (C=O) groups is 5. The molecule has 0 aromatic carbocycles. The zero-order chi connectivity index (χ0) is 18.0. The summed E-state index contributed by atoms with van der Waals surface area (Å²) in [5.41, 5.74) is 0. The predicted octanol–water partition coefficient (Wildman–Crippen LogP) is -1.08. The van der Waals surface area contributed by atoms with Crippen LogP contribution in [0.25, 0.3) is 0 Å². The van der Waals surface area contributed by atoms with Crippen molar-refractivity contribution in [3.8, 4) is 0 Å². The van der Waals surface area contributed by atoms with Crippen LogP contribution in [0.1, 0.15) is 0 Å². The van der Waals surface area contributed by atoms with Gasteiger partial charge in [-0.2, -0.15) is 0 Å². The maximum Gasteiger partial charge on any atom is 0.542 e. The third-order valence-electron chi connectivity index (χ3n) is 3.15. The lowest BCUT2D eigenvalue weighted by Gasteiger charge is -2.25. The summed E-state index contributed by atoms with van der Waals surface area (Å²) in [7, 11) is 0. The van der Waals surface area contributed by atoms with Gasteiger partial charge in [0.25, 0.3) is 23.6 Å². The highest BCUT2D eigenvalue weighted by molar-refractivity contribution is 9.12. The number of carbonyl (C=O) groups excluding carboxylic acids is 5. The van der Waals surface area contributed by atoms with Gasteiger partial charge in [-0.3, -0.25) is 29.0 Å². The van der Waals surface area contributed by atoms with Crippen LogP contribution in [0.4, 0.5) is 0 Å². The van der Waals surface area contributed by atoms with Gasteiger partial charge in [0.1, 0.15) is 0 Å². The third kappa shape index (κ3) is 3.97. The molecular weight excluding hydrogens is 456 g/mol. The second-order valence-electron chi connectivity index (χ2n) is 4.85. The first-order chi connectivity index (χ1) is 11.2. The van der Waals surface area contributed by atoms with E-state index in [0.717, 1.165) is 22.0 Å². The maximum absolute atomic E-state index is 11.9. The molecule has 11 heteroatoms. The Labute approximate surface area is 152 Å². The van der Waals surface area contributed by atoms with Crippen molar-refractivity contribution in [2.24, 2.45) is 0 Å². The fourth-order valence-corrected chi connectivity index (χ4v) is 2.88. The number of halogens is 2. The molecule has 0 atom stereocenters. The number of rotatable bonds is 7. The van der Waals surface area contributed by atoms with Gasteiger partial charge in [-0.15, -0.1) is 0 Å². The molecule has 0 aliphatic carbocycles. The van der Waals surface area contributed by atoms with Crippen molar-refractivity contribution >= 4 is 61.5 Å². The second-order valence-corrected chi connectivity index (χ2v) is 6.56. The topological polar surface area (TPSA) is 124 Å². The summed E-state index contributed by atoms with van der Waals surface area (Å²) in [6.07, 6.45) is 1.16. The summed E-state index contributed by atoms with van der Waals surface area (Å²) in [5.74, 6) is -3.38. The van der Waals surface area contributed by atoms with Crippen LogP contribution in [0.5, 0.6) is 0 Å². The van der Waals surface area contributed by atoms with Crippen LogP contribution in [-0.4, -0.2) is 70.3 Å². The molecule has 0 fully saturated rings. The molecule has 2 N–H and O–H groups in total. The van der Waals surface area contributed by atoms with E-state index in [-0.39, 0.29) is 22.1 Å². The molecule has 0 aromatic rings. The highest BCUT2D eigenvalue weighted by atomic mass is 79.9. The lowest BCUT2D eigenvalue weighted by molar-refractivity contribution is -0.147. The maximum atomic E-state index is 11.9. The molecule has 0 saturated heterocycles. The van der Waals surface area contributed by atoms with Crippen LogP contribution in [-0.2, 0) is 28.7 Å². The zero-order valence-corrected chi connectivity index (χ0v) is 15.1. The van der Waals surface area contributed by atoms with E-state index in [1.54, 1.807) is 0 Å². The van der Waals surface area contributed by atoms with Gasteiger partial charge in [0.15, 0.2) is 0 Å².